The number of nitrogens with one attached hydrogen (secondary N) is 1. The lowest BCUT2D eigenvalue weighted by Crippen LogP contribution is -2.34. The van der Waals surface area contributed by atoms with Gasteiger partial charge in [0.2, 0.25) is 0 Å². The molecule has 1 N–H and O–H groups in total. The maximum atomic E-state index is 13.4. The lowest BCUT2D eigenvalue weighted by molar-refractivity contribution is -0.124. The molecule has 0 radical (unpaired) electrons. The Bertz CT molecular complexity index is 1440. The molecule has 0 aliphatic carbocycles. The molecule has 0 saturated heterocycles. The number of pyridine rings is 1. The third-order valence-electron chi connectivity index (χ3n) is 5.42. The Kier molecular flexibility index (Phi) is 6.51. The molecule has 174 valence electrons. The predicted molar refractivity (Wildman–Crippen MR) is 129 cm³/mol. The number of nitrogens with zero attached hydrogens (tertiary/aromatic N) is 2. The zero-order valence-corrected chi connectivity index (χ0v) is 19.6. The van der Waals surface area contributed by atoms with Crippen LogP contribution >= 0.6 is 11.6 Å². The van der Waals surface area contributed by atoms with Crippen molar-refractivity contribution in [2.75, 3.05) is 5.32 Å². The first-order chi connectivity index (χ1) is 16.3. The van der Waals surface area contributed by atoms with Crippen LogP contribution < -0.4 is 10.9 Å². The van der Waals surface area contributed by atoms with Gasteiger partial charge in [0.05, 0.1) is 0 Å². The number of esters is 1. The Labute approximate surface area is 200 Å². The molecular formula is C25H22ClN3O5. The summed E-state index contributed by atoms with van der Waals surface area (Å²) >= 11 is 6.06. The maximum Gasteiger partial charge on any atom is 0.356 e. The summed E-state index contributed by atoms with van der Waals surface area (Å²) in [5.41, 5.74) is 0.880. The van der Waals surface area contributed by atoms with Crippen molar-refractivity contribution in [2.24, 2.45) is 7.05 Å². The number of aromatic nitrogens is 2. The second-order valence-corrected chi connectivity index (χ2v) is 8.19. The SMILES string of the molecule is CCC(OC(=O)c1c(-c2ccc(Cl)cc2)c2ccccc2c(=O)n1C)C(=O)Nc1cc(C)on1. The van der Waals surface area contributed by atoms with E-state index in [1.807, 2.05) is 0 Å². The zero-order chi connectivity index (χ0) is 24.4. The number of aryl methyl sites for hydroxylation is 1. The molecule has 0 bridgehead atoms. The van der Waals surface area contributed by atoms with Gasteiger partial charge in [-0.3, -0.25) is 9.59 Å². The molecule has 0 aliphatic heterocycles. The fraction of sp³-hybridized carbons (Fsp3) is 0.200. The fourth-order valence-electron chi connectivity index (χ4n) is 3.75. The van der Waals surface area contributed by atoms with Gasteiger partial charge in [-0.25, -0.2) is 4.79 Å². The molecule has 2 aromatic carbocycles. The Morgan fingerprint density at radius 2 is 1.82 bits per heavy atom. The minimum Gasteiger partial charge on any atom is -0.448 e. The first kappa shape index (κ1) is 23.3. The number of anilines is 1. The number of rotatable bonds is 6. The third kappa shape index (κ3) is 4.45. The Hall–Kier alpha value is -3.91. The van der Waals surface area contributed by atoms with Crippen LogP contribution in [0.5, 0.6) is 0 Å². The monoisotopic (exact) mass is 479 g/mol. The van der Waals surface area contributed by atoms with Crippen LogP contribution in [0.2, 0.25) is 5.02 Å². The van der Waals surface area contributed by atoms with Gasteiger partial charge >= 0.3 is 5.97 Å². The standard InChI is InChI=1S/C25H22ClN3O5/c1-4-19(23(30)27-20-13-14(2)34-28-20)33-25(32)22-21(15-9-11-16(26)12-10-15)17-7-5-6-8-18(17)24(31)29(22)3/h5-13,19H,4H2,1-3H3,(H,27,28,30). The summed E-state index contributed by atoms with van der Waals surface area (Å²) in [5, 5.41) is 7.89. The lowest BCUT2D eigenvalue weighted by atomic mass is 9.96. The van der Waals surface area contributed by atoms with Crippen molar-refractivity contribution in [3.63, 3.8) is 0 Å². The molecule has 9 heteroatoms. The van der Waals surface area contributed by atoms with Crippen LogP contribution in [-0.2, 0) is 16.6 Å². The average molecular weight is 480 g/mol. The van der Waals surface area contributed by atoms with Crippen LogP contribution in [0.1, 0.15) is 29.6 Å². The van der Waals surface area contributed by atoms with E-state index in [0.717, 1.165) is 0 Å². The number of benzene rings is 2. The molecule has 1 amide bonds. The van der Waals surface area contributed by atoms with Gasteiger partial charge in [-0.05, 0) is 42.5 Å². The highest BCUT2D eigenvalue weighted by molar-refractivity contribution is 6.30. The molecule has 2 heterocycles. The third-order valence-corrected chi connectivity index (χ3v) is 5.67. The highest BCUT2D eigenvalue weighted by atomic mass is 35.5. The van der Waals surface area contributed by atoms with Crippen LogP contribution in [0.25, 0.3) is 21.9 Å². The van der Waals surface area contributed by atoms with Crippen molar-refractivity contribution < 1.29 is 18.8 Å². The topological polar surface area (TPSA) is 103 Å². The number of ether oxygens (including phenoxy) is 1. The Morgan fingerprint density at radius 1 is 1.15 bits per heavy atom. The average Bonchev–Trinajstić information content (AvgIpc) is 3.24. The van der Waals surface area contributed by atoms with Crippen molar-refractivity contribution in [3.8, 4) is 11.1 Å². The smallest absolute Gasteiger partial charge is 0.356 e. The summed E-state index contributed by atoms with van der Waals surface area (Å²) < 4.78 is 11.8. The highest BCUT2D eigenvalue weighted by Crippen LogP contribution is 2.32. The van der Waals surface area contributed by atoms with E-state index in [-0.39, 0.29) is 23.5 Å². The van der Waals surface area contributed by atoms with Gasteiger partial charge in [0.15, 0.2) is 11.9 Å². The van der Waals surface area contributed by atoms with Crippen LogP contribution in [0.15, 0.2) is 63.9 Å². The summed E-state index contributed by atoms with van der Waals surface area (Å²) in [4.78, 5) is 39.2. The minimum absolute atomic E-state index is 0.0366. The van der Waals surface area contributed by atoms with E-state index in [2.05, 4.69) is 10.5 Å². The van der Waals surface area contributed by atoms with Gasteiger partial charge in [-0.15, -0.1) is 0 Å². The lowest BCUT2D eigenvalue weighted by Gasteiger charge is -2.20. The first-order valence-electron chi connectivity index (χ1n) is 10.6. The van der Waals surface area contributed by atoms with Crippen LogP contribution in [0.3, 0.4) is 0 Å². The van der Waals surface area contributed by atoms with E-state index in [4.69, 9.17) is 20.9 Å². The number of hydrogen-bond donors (Lipinski definition) is 1. The molecule has 0 fully saturated rings. The molecule has 34 heavy (non-hydrogen) atoms. The van der Waals surface area contributed by atoms with E-state index in [1.54, 1.807) is 68.4 Å². The molecule has 8 nitrogen and oxygen atoms in total. The second-order valence-electron chi connectivity index (χ2n) is 7.75. The largest absolute Gasteiger partial charge is 0.448 e. The highest BCUT2D eigenvalue weighted by Gasteiger charge is 2.28. The molecule has 1 atom stereocenters. The van der Waals surface area contributed by atoms with Crippen LogP contribution in [0.4, 0.5) is 5.82 Å². The second kappa shape index (κ2) is 9.52. The van der Waals surface area contributed by atoms with Gasteiger partial charge in [0.1, 0.15) is 11.5 Å². The molecule has 0 saturated carbocycles. The van der Waals surface area contributed by atoms with Crippen molar-refractivity contribution in [2.45, 2.75) is 26.4 Å². The van der Waals surface area contributed by atoms with Gasteiger partial charge in [0, 0.05) is 29.1 Å². The summed E-state index contributed by atoms with van der Waals surface area (Å²) in [6.07, 6.45) is -0.893. The fourth-order valence-corrected chi connectivity index (χ4v) is 3.88. The molecular weight excluding hydrogens is 458 g/mol. The summed E-state index contributed by atoms with van der Waals surface area (Å²) in [5.74, 6) is -0.604. The van der Waals surface area contributed by atoms with Crippen molar-refractivity contribution in [1.82, 2.24) is 9.72 Å². The van der Waals surface area contributed by atoms with E-state index in [9.17, 15) is 14.4 Å². The number of hydrogen-bond acceptors (Lipinski definition) is 6. The maximum absolute atomic E-state index is 13.4. The van der Waals surface area contributed by atoms with E-state index in [0.29, 0.717) is 32.7 Å². The van der Waals surface area contributed by atoms with Crippen molar-refractivity contribution in [3.05, 3.63) is 81.4 Å². The van der Waals surface area contributed by atoms with Crippen molar-refractivity contribution in [1.29, 1.82) is 0 Å². The van der Waals surface area contributed by atoms with Gasteiger partial charge in [0.25, 0.3) is 11.5 Å². The number of carbonyl (C=O) groups is 2. The molecule has 0 aliphatic rings. The quantitative estimate of drug-likeness (QED) is 0.401. The Morgan fingerprint density at radius 3 is 2.44 bits per heavy atom. The summed E-state index contributed by atoms with van der Waals surface area (Å²) in [7, 11) is 1.50. The minimum atomic E-state index is -1.11. The molecule has 4 rings (SSSR count). The van der Waals surface area contributed by atoms with Gasteiger partial charge in [-0.2, -0.15) is 0 Å². The van der Waals surface area contributed by atoms with E-state index < -0.39 is 18.0 Å². The molecule has 2 aromatic heterocycles. The van der Waals surface area contributed by atoms with Gasteiger partial charge in [-0.1, -0.05) is 54.0 Å². The number of carbonyl (C=O) groups excluding carboxylic acids is 2. The van der Waals surface area contributed by atoms with E-state index in [1.165, 1.54) is 11.6 Å². The van der Waals surface area contributed by atoms with Crippen molar-refractivity contribution >= 4 is 40.1 Å². The van der Waals surface area contributed by atoms with E-state index >= 15 is 0 Å². The number of fused-ring (bicyclic) bond motifs is 1. The van der Waals surface area contributed by atoms with Crippen LogP contribution in [-0.4, -0.2) is 27.7 Å². The molecule has 4 aromatic rings. The predicted octanol–water partition coefficient (Wildman–Crippen LogP) is 4.73. The zero-order valence-electron chi connectivity index (χ0n) is 18.8. The first-order valence-corrected chi connectivity index (χ1v) is 11.0. The number of amides is 1. The normalized spacial score (nSPS) is 11.9. The van der Waals surface area contributed by atoms with Gasteiger partial charge < -0.3 is 19.1 Å². The summed E-state index contributed by atoms with van der Waals surface area (Å²) in [6, 6.07) is 15.5. The molecule has 1 unspecified atom stereocenters. The number of halogens is 1. The summed E-state index contributed by atoms with van der Waals surface area (Å²) in [6.45, 7) is 3.41. The van der Waals surface area contributed by atoms with Crippen LogP contribution in [0, 0.1) is 6.92 Å². The Balaban J connectivity index is 1.78. The molecule has 0 spiro atoms.